The van der Waals surface area contributed by atoms with E-state index < -0.39 is 5.41 Å². The maximum Gasteiger partial charge on any atom is 0.231 e. The van der Waals surface area contributed by atoms with Gasteiger partial charge in [0.25, 0.3) is 0 Å². The summed E-state index contributed by atoms with van der Waals surface area (Å²) in [6, 6.07) is 8.81. The van der Waals surface area contributed by atoms with Gasteiger partial charge in [-0.1, -0.05) is 30.3 Å². The summed E-state index contributed by atoms with van der Waals surface area (Å²) in [7, 11) is 0. The molecule has 0 saturated carbocycles. The summed E-state index contributed by atoms with van der Waals surface area (Å²) in [5, 5.41) is 19.0. The minimum absolute atomic E-state index is 0.0237. The number of aliphatic hydroxyl groups excluding tert-OH is 2. The largest absolute Gasteiger partial charge is 0.394 e. The molecule has 1 amide bonds. The van der Waals surface area contributed by atoms with Gasteiger partial charge in [0.15, 0.2) is 0 Å². The molecule has 0 radical (unpaired) electrons. The molecule has 1 heterocycles. The number of aliphatic hydroxyl groups is 2. The summed E-state index contributed by atoms with van der Waals surface area (Å²) < 4.78 is 0. The zero-order valence-corrected chi connectivity index (χ0v) is 10.7. The first-order valence-electron chi connectivity index (χ1n) is 6.13. The molecule has 1 fully saturated rings. The van der Waals surface area contributed by atoms with Crippen LogP contribution in [0.1, 0.15) is 25.5 Å². The van der Waals surface area contributed by atoms with Crippen LogP contribution in [0.25, 0.3) is 0 Å². The molecule has 2 atom stereocenters. The molecular formula is C14H19NO3. The normalized spacial score (nSPS) is 23.7. The van der Waals surface area contributed by atoms with E-state index in [0.717, 1.165) is 5.56 Å². The highest BCUT2D eigenvalue weighted by atomic mass is 16.3. The van der Waals surface area contributed by atoms with Gasteiger partial charge in [-0.15, -0.1) is 0 Å². The van der Waals surface area contributed by atoms with Crippen molar-refractivity contribution in [3.05, 3.63) is 35.9 Å². The van der Waals surface area contributed by atoms with E-state index in [1.54, 1.807) is 4.90 Å². The van der Waals surface area contributed by atoms with E-state index in [-0.39, 0.29) is 31.2 Å². The van der Waals surface area contributed by atoms with Gasteiger partial charge in [-0.2, -0.15) is 0 Å². The smallest absolute Gasteiger partial charge is 0.231 e. The molecule has 1 aromatic rings. The molecule has 98 valence electrons. The Bertz CT molecular complexity index is 430. The monoisotopic (exact) mass is 249 g/mol. The number of nitrogens with zero attached hydrogens (tertiary/aromatic N) is 1. The van der Waals surface area contributed by atoms with Gasteiger partial charge in [-0.25, -0.2) is 0 Å². The fraction of sp³-hybridized carbons (Fsp3) is 0.500. The number of amides is 1. The van der Waals surface area contributed by atoms with Crippen LogP contribution in [0.3, 0.4) is 0 Å². The predicted molar refractivity (Wildman–Crippen MR) is 67.8 cm³/mol. The zero-order valence-electron chi connectivity index (χ0n) is 10.7. The summed E-state index contributed by atoms with van der Waals surface area (Å²) in [6.45, 7) is 3.43. The molecule has 0 aromatic heterocycles. The van der Waals surface area contributed by atoms with Crippen molar-refractivity contribution in [1.82, 2.24) is 4.90 Å². The number of rotatable bonds is 4. The minimum Gasteiger partial charge on any atom is -0.394 e. The van der Waals surface area contributed by atoms with Crippen molar-refractivity contribution in [2.75, 3.05) is 13.2 Å². The van der Waals surface area contributed by atoms with Crippen LogP contribution in [0.15, 0.2) is 30.3 Å². The molecule has 0 aliphatic carbocycles. The van der Waals surface area contributed by atoms with Crippen molar-refractivity contribution in [3.63, 3.8) is 0 Å². The van der Waals surface area contributed by atoms with Crippen LogP contribution in [-0.2, 0) is 4.79 Å². The van der Waals surface area contributed by atoms with Crippen LogP contribution in [0, 0.1) is 5.41 Å². The molecule has 18 heavy (non-hydrogen) atoms. The van der Waals surface area contributed by atoms with Gasteiger partial charge in [-0.3, -0.25) is 4.79 Å². The van der Waals surface area contributed by atoms with E-state index >= 15 is 0 Å². The molecule has 0 unspecified atom stereocenters. The fourth-order valence-electron chi connectivity index (χ4n) is 2.60. The van der Waals surface area contributed by atoms with E-state index in [0.29, 0.717) is 0 Å². The van der Waals surface area contributed by atoms with Gasteiger partial charge >= 0.3 is 0 Å². The van der Waals surface area contributed by atoms with Crippen LogP contribution in [-0.4, -0.2) is 40.3 Å². The highest BCUT2D eigenvalue weighted by Gasteiger charge is 2.56. The summed E-state index contributed by atoms with van der Waals surface area (Å²) in [6.07, 6.45) is 0. The first-order valence-corrected chi connectivity index (χ1v) is 6.13. The zero-order chi connectivity index (χ0) is 13.3. The Labute approximate surface area is 107 Å². The third kappa shape index (κ3) is 1.82. The number of carbonyl (C=O) groups is 1. The molecule has 1 saturated heterocycles. The third-order valence-corrected chi connectivity index (χ3v) is 3.82. The van der Waals surface area contributed by atoms with Crippen LogP contribution < -0.4 is 0 Å². The number of benzene rings is 1. The van der Waals surface area contributed by atoms with Crippen LogP contribution in [0.5, 0.6) is 0 Å². The molecule has 2 N–H and O–H groups in total. The van der Waals surface area contributed by atoms with Crippen molar-refractivity contribution in [2.24, 2.45) is 5.41 Å². The molecule has 0 spiro atoms. The lowest BCUT2D eigenvalue weighted by molar-refractivity contribution is -0.179. The number of likely N-dealkylation sites (tertiary alicyclic amines) is 1. The Morgan fingerprint density at radius 1 is 1.28 bits per heavy atom. The maximum atomic E-state index is 12.1. The van der Waals surface area contributed by atoms with Crippen LogP contribution in [0.4, 0.5) is 0 Å². The van der Waals surface area contributed by atoms with E-state index in [1.807, 2.05) is 44.2 Å². The Hall–Kier alpha value is -1.39. The lowest BCUT2D eigenvalue weighted by Gasteiger charge is -2.55. The Balaban J connectivity index is 2.27. The fourth-order valence-corrected chi connectivity index (χ4v) is 2.60. The van der Waals surface area contributed by atoms with E-state index in [9.17, 15) is 15.0 Å². The Kier molecular flexibility index (Phi) is 3.41. The van der Waals surface area contributed by atoms with Gasteiger partial charge in [0.05, 0.1) is 30.7 Å². The quantitative estimate of drug-likeness (QED) is 0.781. The summed E-state index contributed by atoms with van der Waals surface area (Å²) in [5.41, 5.74) is 0.346. The molecule has 4 heteroatoms. The molecule has 1 aromatic carbocycles. The molecule has 2 rings (SSSR count). The third-order valence-electron chi connectivity index (χ3n) is 3.82. The number of β-lactam (4-membered cyclic amide) rings is 1. The van der Waals surface area contributed by atoms with E-state index in [1.165, 1.54) is 0 Å². The van der Waals surface area contributed by atoms with Crippen molar-refractivity contribution < 1.29 is 15.0 Å². The number of carbonyl (C=O) groups excluding carboxylic acids is 1. The first-order chi connectivity index (χ1) is 8.54. The topological polar surface area (TPSA) is 60.8 Å². The van der Waals surface area contributed by atoms with Crippen molar-refractivity contribution in [2.45, 2.75) is 25.9 Å². The first kappa shape index (κ1) is 13.1. The maximum absolute atomic E-state index is 12.1. The Morgan fingerprint density at radius 2 is 1.89 bits per heavy atom. The average Bonchev–Trinajstić information content (AvgIpc) is 2.39. The minimum atomic E-state index is -0.545. The second-order valence-corrected chi connectivity index (χ2v) is 5.24. The summed E-state index contributed by atoms with van der Waals surface area (Å²) in [4.78, 5) is 13.7. The summed E-state index contributed by atoms with van der Waals surface area (Å²) >= 11 is 0. The summed E-state index contributed by atoms with van der Waals surface area (Å²) in [5.74, 6) is -0.0237. The number of hydrogen-bond acceptors (Lipinski definition) is 3. The molecule has 0 bridgehead atoms. The lowest BCUT2D eigenvalue weighted by Crippen LogP contribution is -2.68. The highest BCUT2D eigenvalue weighted by molar-refractivity contribution is 5.90. The second-order valence-electron chi connectivity index (χ2n) is 5.24. The lowest BCUT2D eigenvalue weighted by atomic mass is 9.72. The second kappa shape index (κ2) is 4.71. The highest BCUT2D eigenvalue weighted by Crippen LogP contribution is 2.43. The van der Waals surface area contributed by atoms with Crippen molar-refractivity contribution >= 4 is 5.91 Å². The van der Waals surface area contributed by atoms with Gasteiger partial charge in [0.2, 0.25) is 5.91 Å². The van der Waals surface area contributed by atoms with Crippen molar-refractivity contribution in [3.8, 4) is 0 Å². The predicted octanol–water partition coefficient (Wildman–Crippen LogP) is 0.949. The van der Waals surface area contributed by atoms with E-state index in [2.05, 4.69) is 0 Å². The Morgan fingerprint density at radius 3 is 2.39 bits per heavy atom. The van der Waals surface area contributed by atoms with Gasteiger partial charge in [-0.05, 0) is 19.4 Å². The van der Waals surface area contributed by atoms with Gasteiger partial charge in [0.1, 0.15) is 0 Å². The average molecular weight is 249 g/mol. The standard InChI is InChI=1S/C14H19NO3/c1-14(2)12(9-17)15(13(14)18)11(8-16)10-6-4-3-5-7-10/h3-7,11-12,16-17H,8-9H2,1-2H3/t11-,12-/m1/s1. The molecule has 1 aliphatic rings. The molecule has 4 nitrogen and oxygen atoms in total. The van der Waals surface area contributed by atoms with E-state index in [4.69, 9.17) is 0 Å². The number of hydrogen-bond donors (Lipinski definition) is 2. The van der Waals surface area contributed by atoms with Gasteiger partial charge < -0.3 is 15.1 Å². The van der Waals surface area contributed by atoms with Crippen LogP contribution in [0.2, 0.25) is 0 Å². The SMILES string of the molecule is CC1(C)C(=O)N([C@H](CO)c2ccccc2)[C@@H]1CO. The van der Waals surface area contributed by atoms with Crippen molar-refractivity contribution in [1.29, 1.82) is 0 Å². The van der Waals surface area contributed by atoms with Gasteiger partial charge in [0, 0.05) is 0 Å². The molecule has 1 aliphatic heterocycles. The van der Waals surface area contributed by atoms with Crippen LogP contribution >= 0.6 is 0 Å². The molecular weight excluding hydrogens is 230 g/mol.